The minimum absolute atomic E-state index is 0.00299. The smallest absolute Gasteiger partial charge is 0.291 e. The summed E-state index contributed by atoms with van der Waals surface area (Å²) in [5.74, 6) is -0.0397. The number of nitrogens with zero attached hydrogens (tertiary/aromatic N) is 4. The summed E-state index contributed by atoms with van der Waals surface area (Å²) in [5.41, 5.74) is 3.42. The Morgan fingerprint density at radius 1 is 1.52 bits per heavy atom. The van der Waals surface area contributed by atoms with E-state index in [0.29, 0.717) is 23.1 Å². The van der Waals surface area contributed by atoms with E-state index >= 15 is 0 Å². The molecule has 1 aliphatic rings. The Morgan fingerprint density at radius 3 is 3.14 bits per heavy atom. The third kappa shape index (κ3) is 2.62. The van der Waals surface area contributed by atoms with Crippen molar-refractivity contribution in [3.63, 3.8) is 0 Å². The second-order valence-corrected chi connectivity index (χ2v) is 5.30. The number of hydrogen-bond acceptors (Lipinski definition) is 5. The average molecular weight is 303 g/mol. The first-order chi connectivity index (χ1) is 10.2. The lowest BCUT2D eigenvalue weighted by Crippen LogP contribution is -2.31. The number of hydrazone groups is 1. The molecule has 2 amide bonds. The van der Waals surface area contributed by atoms with Gasteiger partial charge in [0, 0.05) is 18.9 Å². The molecule has 0 bridgehead atoms. The summed E-state index contributed by atoms with van der Waals surface area (Å²) < 4.78 is 1.76. The Balaban J connectivity index is 1.76. The highest BCUT2D eigenvalue weighted by atomic mass is 32.2. The van der Waals surface area contributed by atoms with Crippen molar-refractivity contribution in [1.29, 1.82) is 0 Å². The summed E-state index contributed by atoms with van der Waals surface area (Å²) in [4.78, 5) is 29.3. The zero-order chi connectivity index (χ0) is 14.8. The monoisotopic (exact) mass is 303 g/mol. The van der Waals surface area contributed by atoms with Crippen molar-refractivity contribution < 1.29 is 9.59 Å². The molecule has 7 nitrogen and oxygen atoms in total. The second kappa shape index (κ2) is 5.57. The lowest BCUT2D eigenvalue weighted by Gasteiger charge is -2.11. The Bertz CT molecular complexity index is 706. The van der Waals surface area contributed by atoms with Crippen LogP contribution >= 0.6 is 11.8 Å². The molecule has 0 radical (unpaired) electrons. The molecule has 0 spiro atoms. The molecule has 2 aromatic rings. The molecule has 0 aliphatic carbocycles. The highest BCUT2D eigenvalue weighted by Crippen LogP contribution is 2.18. The Morgan fingerprint density at radius 2 is 2.38 bits per heavy atom. The van der Waals surface area contributed by atoms with E-state index in [1.807, 2.05) is 31.3 Å². The van der Waals surface area contributed by atoms with Gasteiger partial charge in [0.05, 0.1) is 5.75 Å². The van der Waals surface area contributed by atoms with Gasteiger partial charge in [-0.05, 0) is 19.1 Å². The van der Waals surface area contributed by atoms with E-state index in [1.165, 1.54) is 16.7 Å². The zero-order valence-electron chi connectivity index (χ0n) is 11.3. The van der Waals surface area contributed by atoms with E-state index in [2.05, 4.69) is 15.5 Å². The SMILES string of the molecule is CCN1C(=O)CS/C1=N/NC(=O)c1cn2ccccc2n1. The molecule has 21 heavy (non-hydrogen) atoms. The molecule has 0 atom stereocenters. The number of fused-ring (bicyclic) bond motifs is 1. The lowest BCUT2D eigenvalue weighted by molar-refractivity contribution is -0.123. The molecule has 1 saturated heterocycles. The molecule has 8 heteroatoms. The fourth-order valence-corrected chi connectivity index (χ4v) is 2.90. The minimum atomic E-state index is -0.401. The maximum atomic E-state index is 12.0. The van der Waals surface area contributed by atoms with Crippen LogP contribution in [0.15, 0.2) is 35.7 Å². The Labute approximate surface area is 125 Å². The van der Waals surface area contributed by atoms with Crippen molar-refractivity contribution >= 4 is 34.4 Å². The van der Waals surface area contributed by atoms with Gasteiger partial charge in [0.2, 0.25) is 5.91 Å². The topological polar surface area (TPSA) is 79.1 Å². The maximum Gasteiger partial charge on any atom is 0.291 e. The number of pyridine rings is 1. The molecule has 3 heterocycles. The van der Waals surface area contributed by atoms with E-state index in [0.717, 1.165) is 0 Å². The Kier molecular flexibility index (Phi) is 3.61. The lowest BCUT2D eigenvalue weighted by atomic mass is 10.5. The molecule has 1 fully saturated rings. The summed E-state index contributed by atoms with van der Waals surface area (Å²) in [6.07, 6.45) is 3.45. The van der Waals surface area contributed by atoms with Crippen molar-refractivity contribution in [2.45, 2.75) is 6.92 Å². The van der Waals surface area contributed by atoms with Gasteiger partial charge in [-0.25, -0.2) is 10.4 Å². The first-order valence-electron chi connectivity index (χ1n) is 6.44. The number of rotatable bonds is 3. The van der Waals surface area contributed by atoms with Crippen molar-refractivity contribution in [1.82, 2.24) is 19.7 Å². The van der Waals surface area contributed by atoms with Crippen LogP contribution in [0.1, 0.15) is 17.4 Å². The first kappa shape index (κ1) is 13.6. The average Bonchev–Trinajstić information content (AvgIpc) is 3.07. The number of hydrogen-bond donors (Lipinski definition) is 1. The van der Waals surface area contributed by atoms with Crippen LogP contribution in [0.4, 0.5) is 0 Å². The van der Waals surface area contributed by atoms with Gasteiger partial charge in [-0.2, -0.15) is 0 Å². The molecular weight excluding hydrogens is 290 g/mol. The predicted octanol–water partition coefficient (Wildman–Crippen LogP) is 0.930. The van der Waals surface area contributed by atoms with Crippen LogP contribution in [0.25, 0.3) is 5.65 Å². The molecule has 1 aliphatic heterocycles. The normalized spacial score (nSPS) is 16.9. The fraction of sp³-hybridized carbons (Fsp3) is 0.231. The maximum absolute atomic E-state index is 12.0. The number of carbonyl (C=O) groups excluding carboxylic acids is 2. The highest BCUT2D eigenvalue weighted by Gasteiger charge is 2.27. The zero-order valence-corrected chi connectivity index (χ0v) is 12.1. The van der Waals surface area contributed by atoms with E-state index in [1.54, 1.807) is 10.6 Å². The molecule has 3 rings (SSSR count). The summed E-state index contributed by atoms with van der Waals surface area (Å²) in [7, 11) is 0. The van der Waals surface area contributed by atoms with Crippen LogP contribution < -0.4 is 5.43 Å². The fourth-order valence-electron chi connectivity index (χ4n) is 1.99. The van der Waals surface area contributed by atoms with Gasteiger partial charge >= 0.3 is 0 Å². The van der Waals surface area contributed by atoms with Crippen molar-refractivity contribution in [2.24, 2.45) is 5.10 Å². The molecule has 0 saturated carbocycles. The number of amides is 2. The number of imidazole rings is 1. The van der Waals surface area contributed by atoms with Gasteiger partial charge in [-0.3, -0.25) is 14.5 Å². The summed E-state index contributed by atoms with van der Waals surface area (Å²) in [6, 6.07) is 5.52. The van der Waals surface area contributed by atoms with E-state index < -0.39 is 5.91 Å². The van der Waals surface area contributed by atoms with E-state index in [-0.39, 0.29) is 11.6 Å². The molecule has 0 aromatic carbocycles. The number of amidine groups is 1. The first-order valence-corrected chi connectivity index (χ1v) is 7.42. The number of aromatic nitrogens is 2. The molecule has 108 valence electrons. The van der Waals surface area contributed by atoms with Crippen molar-refractivity contribution in [3.8, 4) is 0 Å². The van der Waals surface area contributed by atoms with Crippen molar-refractivity contribution in [2.75, 3.05) is 12.3 Å². The van der Waals surface area contributed by atoms with Gasteiger partial charge in [0.1, 0.15) is 11.3 Å². The van der Waals surface area contributed by atoms with Gasteiger partial charge in [-0.1, -0.05) is 17.8 Å². The highest BCUT2D eigenvalue weighted by molar-refractivity contribution is 8.15. The molecule has 1 N–H and O–H groups in total. The third-order valence-electron chi connectivity index (χ3n) is 3.02. The van der Waals surface area contributed by atoms with Gasteiger partial charge < -0.3 is 4.40 Å². The van der Waals surface area contributed by atoms with Gasteiger partial charge in [0.25, 0.3) is 5.91 Å². The van der Waals surface area contributed by atoms with Crippen LogP contribution in [0.3, 0.4) is 0 Å². The number of nitrogens with one attached hydrogen (secondary N) is 1. The number of thioether (sulfide) groups is 1. The van der Waals surface area contributed by atoms with E-state index in [9.17, 15) is 9.59 Å². The minimum Gasteiger partial charge on any atom is -0.306 e. The third-order valence-corrected chi connectivity index (χ3v) is 3.98. The second-order valence-electron chi connectivity index (χ2n) is 4.35. The molecule has 2 aromatic heterocycles. The predicted molar refractivity (Wildman–Crippen MR) is 79.9 cm³/mol. The number of carbonyl (C=O) groups is 2. The summed E-state index contributed by atoms with van der Waals surface area (Å²) in [6.45, 7) is 2.40. The van der Waals surface area contributed by atoms with Gasteiger partial charge in [0.15, 0.2) is 5.17 Å². The van der Waals surface area contributed by atoms with Crippen LogP contribution in [-0.4, -0.2) is 43.6 Å². The summed E-state index contributed by atoms with van der Waals surface area (Å²) in [5, 5.41) is 4.52. The van der Waals surface area contributed by atoms with Gasteiger partial charge in [-0.15, -0.1) is 5.10 Å². The summed E-state index contributed by atoms with van der Waals surface area (Å²) >= 11 is 1.31. The van der Waals surface area contributed by atoms with Crippen LogP contribution in [-0.2, 0) is 4.79 Å². The largest absolute Gasteiger partial charge is 0.306 e. The molecular formula is C13H13N5O2S. The van der Waals surface area contributed by atoms with E-state index in [4.69, 9.17) is 0 Å². The van der Waals surface area contributed by atoms with Crippen LogP contribution in [0.2, 0.25) is 0 Å². The quantitative estimate of drug-likeness (QED) is 0.856. The van der Waals surface area contributed by atoms with Crippen LogP contribution in [0, 0.1) is 0 Å². The molecule has 0 unspecified atom stereocenters. The standard InChI is InChI=1S/C13H13N5O2S/c1-2-18-11(19)8-21-13(18)16-15-12(20)9-7-17-6-4-3-5-10(17)14-9/h3-7H,2,8H2,1H3,(H,15,20)/b16-13+. The Hall–Kier alpha value is -2.35. The van der Waals surface area contributed by atoms with Crippen molar-refractivity contribution in [3.05, 3.63) is 36.3 Å². The van der Waals surface area contributed by atoms with Crippen LogP contribution in [0.5, 0.6) is 0 Å².